The molecule has 22 heavy (non-hydrogen) atoms. The molecule has 0 radical (unpaired) electrons. The van der Waals surface area contributed by atoms with Crippen molar-refractivity contribution in [3.63, 3.8) is 0 Å². The summed E-state index contributed by atoms with van der Waals surface area (Å²) in [7, 11) is 0. The van der Waals surface area contributed by atoms with Gasteiger partial charge in [-0.1, -0.05) is 24.3 Å². The van der Waals surface area contributed by atoms with E-state index in [1.165, 1.54) is 6.07 Å². The fourth-order valence-corrected chi connectivity index (χ4v) is 2.27. The molecule has 0 aliphatic rings. The molecule has 3 rings (SSSR count). The first-order valence-corrected chi connectivity index (χ1v) is 6.64. The summed E-state index contributed by atoms with van der Waals surface area (Å²) in [6, 6.07) is 12.3. The van der Waals surface area contributed by atoms with Gasteiger partial charge in [0, 0.05) is 5.56 Å². The van der Waals surface area contributed by atoms with E-state index in [0.717, 1.165) is 11.1 Å². The van der Waals surface area contributed by atoms with E-state index in [1.807, 2.05) is 24.3 Å². The van der Waals surface area contributed by atoms with E-state index in [4.69, 9.17) is 5.73 Å². The van der Waals surface area contributed by atoms with E-state index in [2.05, 4.69) is 15.4 Å². The van der Waals surface area contributed by atoms with Gasteiger partial charge in [0.1, 0.15) is 11.5 Å². The molecule has 6 heteroatoms. The number of amides is 1. The van der Waals surface area contributed by atoms with E-state index in [9.17, 15) is 9.18 Å². The van der Waals surface area contributed by atoms with Gasteiger partial charge in [-0.2, -0.15) is 15.4 Å². The van der Waals surface area contributed by atoms with Gasteiger partial charge in [0.15, 0.2) is 5.69 Å². The molecule has 1 heterocycles. The molecule has 0 saturated carbocycles. The average Bonchev–Trinajstić information content (AvgIpc) is 3.00. The molecule has 3 N–H and O–H groups in total. The SMILES string of the molecule is Cc1cc(-c2cccc(-c3n[nH]nc3C(N)=O)c2)ccc1F. The minimum Gasteiger partial charge on any atom is -0.364 e. The number of nitrogens with one attached hydrogen (secondary N) is 1. The lowest BCUT2D eigenvalue weighted by Crippen LogP contribution is -2.12. The first-order chi connectivity index (χ1) is 10.6. The van der Waals surface area contributed by atoms with E-state index in [1.54, 1.807) is 19.1 Å². The summed E-state index contributed by atoms with van der Waals surface area (Å²) in [5, 5.41) is 10.1. The number of carbonyl (C=O) groups is 1. The topological polar surface area (TPSA) is 84.7 Å². The standard InChI is InChI=1S/C16H13FN4O/c1-9-7-11(5-6-13(9)17)10-3-2-4-12(8-10)14-15(16(18)22)20-21-19-14/h2-8H,1H3,(H2,18,22)(H,19,20,21). The second-order valence-corrected chi connectivity index (χ2v) is 4.93. The van der Waals surface area contributed by atoms with Crippen LogP contribution in [-0.2, 0) is 0 Å². The largest absolute Gasteiger partial charge is 0.364 e. The lowest BCUT2D eigenvalue weighted by Gasteiger charge is -2.06. The molecule has 0 aliphatic heterocycles. The minimum atomic E-state index is -0.647. The van der Waals surface area contributed by atoms with Gasteiger partial charge in [0.05, 0.1) is 0 Å². The molecule has 2 aromatic carbocycles. The molecule has 0 spiro atoms. The van der Waals surface area contributed by atoms with Crippen molar-refractivity contribution in [2.24, 2.45) is 5.73 Å². The van der Waals surface area contributed by atoms with Crippen LogP contribution in [0.1, 0.15) is 16.1 Å². The van der Waals surface area contributed by atoms with Crippen LogP contribution in [0.5, 0.6) is 0 Å². The van der Waals surface area contributed by atoms with Crippen molar-refractivity contribution in [3.8, 4) is 22.4 Å². The Bertz CT molecular complexity index is 857. The molecule has 3 aromatic rings. The number of nitrogens with zero attached hydrogens (tertiary/aromatic N) is 2. The minimum absolute atomic E-state index is 0.0902. The monoisotopic (exact) mass is 296 g/mol. The third kappa shape index (κ3) is 2.46. The van der Waals surface area contributed by atoms with Gasteiger partial charge in [0.25, 0.3) is 5.91 Å². The van der Waals surface area contributed by atoms with Crippen LogP contribution in [-0.4, -0.2) is 21.3 Å². The number of H-pyrrole nitrogens is 1. The Kier molecular flexibility index (Phi) is 3.42. The van der Waals surface area contributed by atoms with Gasteiger partial charge >= 0.3 is 0 Å². The molecule has 0 bridgehead atoms. The molecule has 1 amide bonds. The lowest BCUT2D eigenvalue weighted by atomic mass is 9.99. The molecule has 0 unspecified atom stereocenters. The summed E-state index contributed by atoms with van der Waals surface area (Å²) in [4.78, 5) is 11.4. The summed E-state index contributed by atoms with van der Waals surface area (Å²) < 4.78 is 13.4. The van der Waals surface area contributed by atoms with Crippen molar-refractivity contribution in [3.05, 3.63) is 59.5 Å². The molecule has 0 atom stereocenters. The third-order valence-electron chi connectivity index (χ3n) is 3.41. The molecule has 110 valence electrons. The Labute approximate surface area is 126 Å². The molecular formula is C16H13FN4O. The quantitative estimate of drug-likeness (QED) is 0.779. The van der Waals surface area contributed by atoms with Gasteiger partial charge in [-0.3, -0.25) is 4.79 Å². The number of aromatic amines is 1. The Hall–Kier alpha value is -3.02. The highest BCUT2D eigenvalue weighted by molar-refractivity contribution is 5.96. The number of primary amides is 1. The van der Waals surface area contributed by atoms with Crippen LogP contribution in [0.3, 0.4) is 0 Å². The van der Waals surface area contributed by atoms with Gasteiger partial charge in [-0.25, -0.2) is 4.39 Å². The molecule has 0 saturated heterocycles. The summed E-state index contributed by atoms with van der Waals surface area (Å²) in [6.07, 6.45) is 0. The normalized spacial score (nSPS) is 10.6. The van der Waals surface area contributed by atoms with Gasteiger partial charge < -0.3 is 5.73 Å². The summed E-state index contributed by atoms with van der Waals surface area (Å²) in [5.41, 5.74) is 8.81. The first-order valence-electron chi connectivity index (χ1n) is 6.64. The number of aryl methyl sites for hydroxylation is 1. The molecular weight excluding hydrogens is 283 g/mol. The number of halogens is 1. The zero-order valence-corrected chi connectivity index (χ0v) is 11.8. The Morgan fingerprint density at radius 2 is 1.82 bits per heavy atom. The third-order valence-corrected chi connectivity index (χ3v) is 3.41. The second-order valence-electron chi connectivity index (χ2n) is 4.93. The number of rotatable bonds is 3. The van der Waals surface area contributed by atoms with E-state index >= 15 is 0 Å². The van der Waals surface area contributed by atoms with Gasteiger partial charge in [0.2, 0.25) is 0 Å². The maximum absolute atomic E-state index is 13.4. The van der Waals surface area contributed by atoms with Crippen LogP contribution in [0, 0.1) is 12.7 Å². The summed E-state index contributed by atoms with van der Waals surface area (Å²) >= 11 is 0. The van der Waals surface area contributed by atoms with Crippen LogP contribution >= 0.6 is 0 Å². The smallest absolute Gasteiger partial charge is 0.271 e. The van der Waals surface area contributed by atoms with Crippen molar-refractivity contribution in [1.82, 2.24) is 15.4 Å². The number of carbonyl (C=O) groups excluding carboxylic acids is 1. The van der Waals surface area contributed by atoms with Crippen molar-refractivity contribution in [1.29, 1.82) is 0 Å². The highest BCUT2D eigenvalue weighted by Gasteiger charge is 2.15. The van der Waals surface area contributed by atoms with Gasteiger partial charge in [-0.15, -0.1) is 0 Å². The van der Waals surface area contributed by atoms with Crippen molar-refractivity contribution < 1.29 is 9.18 Å². The highest BCUT2D eigenvalue weighted by atomic mass is 19.1. The highest BCUT2D eigenvalue weighted by Crippen LogP contribution is 2.27. The van der Waals surface area contributed by atoms with Crippen LogP contribution in [0.4, 0.5) is 4.39 Å². The second kappa shape index (κ2) is 5.40. The number of hydrogen-bond acceptors (Lipinski definition) is 3. The predicted molar refractivity (Wildman–Crippen MR) is 80.5 cm³/mol. The zero-order chi connectivity index (χ0) is 15.7. The number of nitrogens with two attached hydrogens (primary N) is 1. The summed E-state index contributed by atoms with van der Waals surface area (Å²) in [5.74, 6) is -0.890. The molecule has 5 nitrogen and oxygen atoms in total. The van der Waals surface area contributed by atoms with Crippen molar-refractivity contribution in [2.75, 3.05) is 0 Å². The zero-order valence-electron chi connectivity index (χ0n) is 11.8. The maximum atomic E-state index is 13.4. The fourth-order valence-electron chi connectivity index (χ4n) is 2.27. The van der Waals surface area contributed by atoms with Crippen molar-refractivity contribution in [2.45, 2.75) is 6.92 Å². The number of aromatic nitrogens is 3. The average molecular weight is 296 g/mol. The van der Waals surface area contributed by atoms with Crippen molar-refractivity contribution >= 4 is 5.91 Å². The number of hydrogen-bond donors (Lipinski definition) is 2. The Morgan fingerprint density at radius 3 is 2.55 bits per heavy atom. The van der Waals surface area contributed by atoms with Crippen LogP contribution in [0.15, 0.2) is 42.5 Å². The predicted octanol–water partition coefficient (Wildman–Crippen LogP) is 2.69. The number of benzene rings is 2. The Morgan fingerprint density at radius 1 is 1.09 bits per heavy atom. The van der Waals surface area contributed by atoms with E-state index in [0.29, 0.717) is 16.8 Å². The molecule has 1 aromatic heterocycles. The Balaban J connectivity index is 2.08. The molecule has 0 aliphatic carbocycles. The summed E-state index contributed by atoms with van der Waals surface area (Å²) in [6.45, 7) is 1.71. The fraction of sp³-hybridized carbons (Fsp3) is 0.0625. The van der Waals surface area contributed by atoms with E-state index < -0.39 is 5.91 Å². The lowest BCUT2D eigenvalue weighted by molar-refractivity contribution is 0.0996. The molecule has 0 fully saturated rings. The maximum Gasteiger partial charge on any atom is 0.271 e. The van der Waals surface area contributed by atoms with Crippen LogP contribution in [0.25, 0.3) is 22.4 Å². The van der Waals surface area contributed by atoms with Gasteiger partial charge in [-0.05, 0) is 41.8 Å². The van der Waals surface area contributed by atoms with E-state index in [-0.39, 0.29) is 11.5 Å². The first kappa shape index (κ1) is 13.9. The van der Waals surface area contributed by atoms with Crippen LogP contribution in [0.2, 0.25) is 0 Å². The van der Waals surface area contributed by atoms with Crippen LogP contribution < -0.4 is 5.73 Å².